The summed E-state index contributed by atoms with van der Waals surface area (Å²) in [5.74, 6) is 0.638. The Bertz CT molecular complexity index is 572. The monoisotopic (exact) mass is 305 g/mol. The number of para-hydroxylation sites is 2. The van der Waals surface area contributed by atoms with Crippen molar-refractivity contribution in [2.45, 2.75) is 25.8 Å². The van der Waals surface area contributed by atoms with Crippen molar-refractivity contribution in [3.8, 4) is 5.75 Å². The maximum atomic E-state index is 12.1. The SMILES string of the molecule is COc1ccccc1N(C)CCCN1C(=O)NC(C)(C)C1=O. The van der Waals surface area contributed by atoms with Crippen molar-refractivity contribution in [1.29, 1.82) is 0 Å². The van der Waals surface area contributed by atoms with Crippen LogP contribution in [-0.2, 0) is 4.79 Å². The van der Waals surface area contributed by atoms with E-state index >= 15 is 0 Å². The minimum atomic E-state index is -0.800. The van der Waals surface area contributed by atoms with E-state index < -0.39 is 5.54 Å². The van der Waals surface area contributed by atoms with Crippen LogP contribution in [0.1, 0.15) is 20.3 Å². The van der Waals surface area contributed by atoms with E-state index in [1.807, 2.05) is 31.3 Å². The van der Waals surface area contributed by atoms with Gasteiger partial charge in [0.15, 0.2) is 0 Å². The second kappa shape index (κ2) is 6.25. The van der Waals surface area contributed by atoms with E-state index in [2.05, 4.69) is 10.2 Å². The summed E-state index contributed by atoms with van der Waals surface area (Å²) >= 11 is 0. The van der Waals surface area contributed by atoms with Gasteiger partial charge in [0.1, 0.15) is 11.3 Å². The molecular formula is C16H23N3O3. The fourth-order valence-corrected chi connectivity index (χ4v) is 2.55. The number of imide groups is 1. The molecule has 1 aliphatic rings. The Labute approximate surface area is 131 Å². The first kappa shape index (κ1) is 16.1. The molecule has 0 bridgehead atoms. The van der Waals surface area contributed by atoms with Gasteiger partial charge in [-0.15, -0.1) is 0 Å². The van der Waals surface area contributed by atoms with E-state index in [1.165, 1.54) is 4.90 Å². The molecule has 1 aromatic carbocycles. The van der Waals surface area contributed by atoms with Crippen molar-refractivity contribution >= 4 is 17.6 Å². The number of amides is 3. The average Bonchev–Trinajstić information content (AvgIpc) is 2.68. The van der Waals surface area contributed by atoms with Crippen LogP contribution in [0, 0.1) is 0 Å². The molecule has 1 N–H and O–H groups in total. The summed E-state index contributed by atoms with van der Waals surface area (Å²) in [6.07, 6.45) is 0.698. The van der Waals surface area contributed by atoms with Gasteiger partial charge in [-0.05, 0) is 32.4 Å². The highest BCUT2D eigenvalue weighted by atomic mass is 16.5. The highest BCUT2D eigenvalue weighted by Crippen LogP contribution is 2.26. The lowest BCUT2D eigenvalue weighted by atomic mass is 10.1. The number of anilines is 1. The molecule has 1 heterocycles. The van der Waals surface area contributed by atoms with E-state index in [4.69, 9.17) is 4.74 Å². The first-order valence-corrected chi connectivity index (χ1v) is 7.35. The number of benzene rings is 1. The van der Waals surface area contributed by atoms with Gasteiger partial charge in [0.05, 0.1) is 12.8 Å². The minimum absolute atomic E-state index is 0.169. The molecule has 1 fully saturated rings. The molecule has 0 saturated carbocycles. The summed E-state index contributed by atoms with van der Waals surface area (Å²) in [6, 6.07) is 7.45. The summed E-state index contributed by atoms with van der Waals surface area (Å²) in [5.41, 5.74) is 0.188. The molecule has 1 saturated heterocycles. The van der Waals surface area contributed by atoms with E-state index in [9.17, 15) is 9.59 Å². The van der Waals surface area contributed by atoms with Crippen molar-refractivity contribution in [1.82, 2.24) is 10.2 Å². The van der Waals surface area contributed by atoms with E-state index in [0.717, 1.165) is 18.0 Å². The molecule has 3 amide bonds. The molecule has 1 aliphatic heterocycles. The van der Waals surface area contributed by atoms with Gasteiger partial charge in [-0.2, -0.15) is 0 Å². The molecule has 0 unspecified atom stereocenters. The number of methoxy groups -OCH3 is 1. The van der Waals surface area contributed by atoms with E-state index in [-0.39, 0.29) is 11.9 Å². The molecule has 22 heavy (non-hydrogen) atoms. The average molecular weight is 305 g/mol. The molecule has 0 aromatic heterocycles. The number of urea groups is 1. The van der Waals surface area contributed by atoms with Gasteiger partial charge in [-0.25, -0.2) is 4.79 Å². The maximum absolute atomic E-state index is 12.1. The van der Waals surface area contributed by atoms with Crippen LogP contribution in [0.15, 0.2) is 24.3 Å². The van der Waals surface area contributed by atoms with Crippen LogP contribution >= 0.6 is 0 Å². The highest BCUT2D eigenvalue weighted by Gasteiger charge is 2.43. The van der Waals surface area contributed by atoms with Crippen molar-refractivity contribution in [2.75, 3.05) is 32.1 Å². The van der Waals surface area contributed by atoms with Crippen LogP contribution in [-0.4, -0.2) is 49.6 Å². The predicted octanol–water partition coefficient (Wildman–Crippen LogP) is 1.85. The first-order valence-electron chi connectivity index (χ1n) is 7.35. The quantitative estimate of drug-likeness (QED) is 0.815. The van der Waals surface area contributed by atoms with Gasteiger partial charge in [-0.3, -0.25) is 9.69 Å². The Kier molecular flexibility index (Phi) is 4.59. The van der Waals surface area contributed by atoms with Gasteiger partial charge < -0.3 is 15.0 Å². The van der Waals surface area contributed by atoms with Crippen molar-refractivity contribution in [3.05, 3.63) is 24.3 Å². The molecule has 2 rings (SSSR count). The number of ether oxygens (including phenoxy) is 1. The van der Waals surface area contributed by atoms with Crippen LogP contribution in [0.2, 0.25) is 0 Å². The van der Waals surface area contributed by atoms with Gasteiger partial charge in [0, 0.05) is 20.1 Å². The third-order valence-electron chi connectivity index (χ3n) is 3.82. The Morgan fingerprint density at radius 1 is 1.27 bits per heavy atom. The summed E-state index contributed by atoms with van der Waals surface area (Å²) in [5, 5.41) is 2.68. The predicted molar refractivity (Wildman–Crippen MR) is 85.2 cm³/mol. The summed E-state index contributed by atoms with van der Waals surface area (Å²) < 4.78 is 5.34. The molecule has 0 radical (unpaired) electrons. The van der Waals surface area contributed by atoms with Crippen molar-refractivity contribution < 1.29 is 14.3 Å². The van der Waals surface area contributed by atoms with Crippen LogP contribution in [0.25, 0.3) is 0 Å². The lowest BCUT2D eigenvalue weighted by Crippen LogP contribution is -2.40. The first-order chi connectivity index (χ1) is 10.4. The Morgan fingerprint density at radius 3 is 2.55 bits per heavy atom. The molecule has 0 atom stereocenters. The zero-order valence-corrected chi connectivity index (χ0v) is 13.5. The Balaban J connectivity index is 1.91. The number of hydrogen-bond donors (Lipinski definition) is 1. The summed E-state index contributed by atoms with van der Waals surface area (Å²) in [6.45, 7) is 4.56. The molecule has 6 nitrogen and oxygen atoms in total. The second-order valence-electron chi connectivity index (χ2n) is 5.96. The lowest BCUT2D eigenvalue weighted by molar-refractivity contribution is -0.130. The number of hydrogen-bond acceptors (Lipinski definition) is 4. The zero-order valence-electron chi connectivity index (χ0n) is 13.5. The van der Waals surface area contributed by atoms with E-state index in [1.54, 1.807) is 21.0 Å². The van der Waals surface area contributed by atoms with Gasteiger partial charge in [0.2, 0.25) is 0 Å². The third kappa shape index (κ3) is 3.16. The third-order valence-corrected chi connectivity index (χ3v) is 3.82. The number of carbonyl (C=O) groups excluding carboxylic acids is 2. The largest absolute Gasteiger partial charge is 0.495 e. The topological polar surface area (TPSA) is 61.9 Å². The summed E-state index contributed by atoms with van der Waals surface area (Å²) in [7, 11) is 3.61. The zero-order chi connectivity index (χ0) is 16.3. The normalized spacial score (nSPS) is 16.6. The Morgan fingerprint density at radius 2 is 1.95 bits per heavy atom. The van der Waals surface area contributed by atoms with Crippen LogP contribution in [0.4, 0.5) is 10.5 Å². The van der Waals surface area contributed by atoms with Crippen LogP contribution in [0.5, 0.6) is 5.75 Å². The molecule has 1 aromatic rings. The van der Waals surface area contributed by atoms with Gasteiger partial charge in [0.25, 0.3) is 5.91 Å². The Hall–Kier alpha value is -2.24. The summed E-state index contributed by atoms with van der Waals surface area (Å²) in [4.78, 5) is 27.2. The molecule has 6 heteroatoms. The molecular weight excluding hydrogens is 282 g/mol. The number of nitrogens with zero attached hydrogens (tertiary/aromatic N) is 2. The van der Waals surface area contributed by atoms with Crippen molar-refractivity contribution in [3.63, 3.8) is 0 Å². The highest BCUT2D eigenvalue weighted by molar-refractivity contribution is 6.06. The van der Waals surface area contributed by atoms with Crippen LogP contribution < -0.4 is 15.0 Å². The van der Waals surface area contributed by atoms with Crippen LogP contribution in [0.3, 0.4) is 0 Å². The molecule has 120 valence electrons. The number of carbonyl (C=O) groups is 2. The minimum Gasteiger partial charge on any atom is -0.495 e. The standard InChI is InChI=1S/C16H23N3O3/c1-16(2)14(20)19(15(21)17-16)11-7-10-18(3)12-8-5-6-9-13(12)22-4/h5-6,8-9H,7,10-11H2,1-4H3,(H,17,21). The van der Waals surface area contributed by atoms with Gasteiger partial charge in [-0.1, -0.05) is 12.1 Å². The maximum Gasteiger partial charge on any atom is 0.325 e. The second-order valence-corrected chi connectivity index (χ2v) is 5.96. The fraction of sp³-hybridized carbons (Fsp3) is 0.500. The van der Waals surface area contributed by atoms with Gasteiger partial charge >= 0.3 is 6.03 Å². The molecule has 0 aliphatic carbocycles. The number of nitrogens with one attached hydrogen (secondary N) is 1. The van der Waals surface area contributed by atoms with E-state index in [0.29, 0.717) is 13.0 Å². The smallest absolute Gasteiger partial charge is 0.325 e. The fourth-order valence-electron chi connectivity index (χ4n) is 2.55. The lowest BCUT2D eigenvalue weighted by Gasteiger charge is -2.23. The number of rotatable bonds is 6. The van der Waals surface area contributed by atoms with Crippen molar-refractivity contribution in [2.24, 2.45) is 0 Å². The molecule has 0 spiro atoms.